The van der Waals surface area contributed by atoms with Crippen molar-refractivity contribution in [3.8, 4) is 0 Å². The molecule has 0 saturated heterocycles. The molecule has 0 aliphatic heterocycles. The van der Waals surface area contributed by atoms with E-state index in [-0.39, 0.29) is 11.9 Å². The van der Waals surface area contributed by atoms with Crippen LogP contribution in [0.15, 0.2) is 24.3 Å². The first kappa shape index (κ1) is 12.7. The number of nitrogens with one attached hydrogen (secondary N) is 1. The van der Waals surface area contributed by atoms with Gasteiger partial charge in [0, 0.05) is 11.6 Å². The molecule has 1 unspecified atom stereocenters. The molecule has 1 aromatic carbocycles. The van der Waals surface area contributed by atoms with Gasteiger partial charge in [-0.05, 0) is 37.9 Å². The summed E-state index contributed by atoms with van der Waals surface area (Å²) in [5, 5.41) is 2.96. The van der Waals surface area contributed by atoms with Crippen LogP contribution in [0, 0.1) is 0 Å². The fraction of sp³-hybridized carbons (Fsp3) is 0.462. The van der Waals surface area contributed by atoms with Gasteiger partial charge in [-0.15, -0.1) is 0 Å². The van der Waals surface area contributed by atoms with Crippen molar-refractivity contribution in [2.24, 2.45) is 5.73 Å². The molecular formula is C13H20N2O. The van der Waals surface area contributed by atoms with E-state index in [1.807, 2.05) is 31.2 Å². The molecule has 1 atom stereocenters. The van der Waals surface area contributed by atoms with Crippen LogP contribution in [0.3, 0.4) is 0 Å². The molecule has 1 rings (SSSR count). The predicted octanol–water partition coefficient (Wildman–Crippen LogP) is 1.72. The highest BCUT2D eigenvalue weighted by Crippen LogP contribution is 2.09. The number of nitrogens with two attached hydrogens (primary N) is 1. The minimum absolute atomic E-state index is 0.00148. The Morgan fingerprint density at radius 3 is 2.75 bits per heavy atom. The number of carbonyl (C=O) groups excluding carboxylic acids is 1. The van der Waals surface area contributed by atoms with Crippen molar-refractivity contribution in [1.29, 1.82) is 0 Å². The number of rotatable bonds is 5. The van der Waals surface area contributed by atoms with E-state index in [9.17, 15) is 4.79 Å². The monoisotopic (exact) mass is 220 g/mol. The van der Waals surface area contributed by atoms with E-state index >= 15 is 0 Å². The third-order valence-corrected chi connectivity index (χ3v) is 2.67. The molecule has 0 aromatic heterocycles. The Morgan fingerprint density at radius 2 is 2.12 bits per heavy atom. The molecule has 0 bridgehead atoms. The summed E-state index contributed by atoms with van der Waals surface area (Å²) in [4.78, 5) is 12.0. The Morgan fingerprint density at radius 1 is 1.44 bits per heavy atom. The molecule has 0 heterocycles. The first-order chi connectivity index (χ1) is 7.69. The Kier molecular flexibility index (Phi) is 4.99. The zero-order valence-corrected chi connectivity index (χ0v) is 9.99. The summed E-state index contributed by atoms with van der Waals surface area (Å²) in [6, 6.07) is 7.83. The van der Waals surface area contributed by atoms with Gasteiger partial charge < -0.3 is 11.1 Å². The molecule has 0 aliphatic rings. The Labute approximate surface area is 97.0 Å². The van der Waals surface area contributed by atoms with Gasteiger partial charge in [0.1, 0.15) is 0 Å². The maximum Gasteiger partial charge on any atom is 0.251 e. The molecular weight excluding hydrogens is 200 g/mol. The summed E-state index contributed by atoms with van der Waals surface area (Å²) < 4.78 is 0. The van der Waals surface area contributed by atoms with E-state index < -0.39 is 0 Å². The van der Waals surface area contributed by atoms with Gasteiger partial charge in [0.05, 0.1) is 0 Å². The molecule has 0 fully saturated rings. The second-order valence-corrected chi connectivity index (χ2v) is 3.98. The highest BCUT2D eigenvalue weighted by molar-refractivity contribution is 5.95. The first-order valence-corrected chi connectivity index (χ1v) is 5.77. The van der Waals surface area contributed by atoms with Crippen molar-refractivity contribution < 1.29 is 4.79 Å². The van der Waals surface area contributed by atoms with Crippen molar-refractivity contribution in [3.05, 3.63) is 35.4 Å². The molecule has 1 amide bonds. The fourth-order valence-corrected chi connectivity index (χ4v) is 1.52. The van der Waals surface area contributed by atoms with Crippen LogP contribution in [0.1, 0.15) is 36.2 Å². The highest BCUT2D eigenvalue weighted by Gasteiger charge is 2.11. The summed E-state index contributed by atoms with van der Waals surface area (Å²) in [5.41, 5.74) is 7.29. The standard InChI is InChI=1S/C13H20N2O/c1-3-10(2)15-13(16)12-7-5-4-6-11(12)8-9-14/h4-7,10H,3,8-9,14H2,1-2H3,(H,15,16). The maximum absolute atomic E-state index is 12.0. The van der Waals surface area contributed by atoms with Crippen LogP contribution in [0.25, 0.3) is 0 Å². The number of hydrogen-bond donors (Lipinski definition) is 2. The minimum atomic E-state index is -0.00148. The Bertz CT molecular complexity index is 350. The fourth-order valence-electron chi connectivity index (χ4n) is 1.52. The zero-order chi connectivity index (χ0) is 12.0. The number of hydrogen-bond acceptors (Lipinski definition) is 2. The summed E-state index contributed by atoms with van der Waals surface area (Å²) in [6.45, 7) is 4.62. The highest BCUT2D eigenvalue weighted by atomic mass is 16.1. The van der Waals surface area contributed by atoms with Gasteiger partial charge in [0.25, 0.3) is 5.91 Å². The van der Waals surface area contributed by atoms with E-state index in [2.05, 4.69) is 12.2 Å². The van der Waals surface area contributed by atoms with E-state index in [0.29, 0.717) is 6.54 Å². The first-order valence-electron chi connectivity index (χ1n) is 5.77. The summed E-state index contributed by atoms with van der Waals surface area (Å²) in [6.07, 6.45) is 1.68. The van der Waals surface area contributed by atoms with Crippen LogP contribution in [-0.2, 0) is 6.42 Å². The number of benzene rings is 1. The molecule has 0 aliphatic carbocycles. The van der Waals surface area contributed by atoms with Gasteiger partial charge >= 0.3 is 0 Å². The Balaban J connectivity index is 2.81. The third-order valence-electron chi connectivity index (χ3n) is 2.67. The molecule has 0 saturated carbocycles. The van der Waals surface area contributed by atoms with Crippen LogP contribution in [-0.4, -0.2) is 18.5 Å². The largest absolute Gasteiger partial charge is 0.350 e. The number of amides is 1. The van der Waals surface area contributed by atoms with Gasteiger partial charge in [-0.2, -0.15) is 0 Å². The molecule has 3 heteroatoms. The summed E-state index contributed by atoms with van der Waals surface area (Å²) in [5.74, 6) is -0.00148. The van der Waals surface area contributed by atoms with Gasteiger partial charge in [-0.1, -0.05) is 25.1 Å². The topological polar surface area (TPSA) is 55.1 Å². The predicted molar refractivity (Wildman–Crippen MR) is 66.4 cm³/mol. The van der Waals surface area contributed by atoms with Gasteiger partial charge in [0.2, 0.25) is 0 Å². The number of carbonyl (C=O) groups is 1. The van der Waals surface area contributed by atoms with Gasteiger partial charge in [-0.3, -0.25) is 4.79 Å². The van der Waals surface area contributed by atoms with Gasteiger partial charge in [-0.25, -0.2) is 0 Å². The van der Waals surface area contributed by atoms with Crippen molar-refractivity contribution in [1.82, 2.24) is 5.32 Å². The zero-order valence-electron chi connectivity index (χ0n) is 9.99. The molecule has 88 valence electrons. The van der Waals surface area contributed by atoms with E-state index in [0.717, 1.165) is 24.0 Å². The maximum atomic E-state index is 12.0. The smallest absolute Gasteiger partial charge is 0.251 e. The molecule has 1 aromatic rings. The average molecular weight is 220 g/mol. The van der Waals surface area contributed by atoms with Crippen molar-refractivity contribution in [3.63, 3.8) is 0 Å². The van der Waals surface area contributed by atoms with Crippen molar-refractivity contribution in [2.45, 2.75) is 32.7 Å². The second-order valence-electron chi connectivity index (χ2n) is 3.98. The van der Waals surface area contributed by atoms with Crippen molar-refractivity contribution >= 4 is 5.91 Å². The molecule has 0 spiro atoms. The van der Waals surface area contributed by atoms with Gasteiger partial charge in [0.15, 0.2) is 0 Å². The lowest BCUT2D eigenvalue weighted by Crippen LogP contribution is -2.32. The minimum Gasteiger partial charge on any atom is -0.350 e. The third kappa shape index (κ3) is 3.35. The van der Waals surface area contributed by atoms with E-state index in [1.165, 1.54) is 0 Å². The Hall–Kier alpha value is -1.35. The molecule has 0 radical (unpaired) electrons. The molecule has 3 N–H and O–H groups in total. The quantitative estimate of drug-likeness (QED) is 0.793. The van der Waals surface area contributed by atoms with Crippen LogP contribution in [0.2, 0.25) is 0 Å². The molecule has 3 nitrogen and oxygen atoms in total. The lowest BCUT2D eigenvalue weighted by Gasteiger charge is -2.13. The second kappa shape index (κ2) is 6.28. The summed E-state index contributed by atoms with van der Waals surface area (Å²) >= 11 is 0. The molecule has 16 heavy (non-hydrogen) atoms. The van der Waals surface area contributed by atoms with Crippen LogP contribution >= 0.6 is 0 Å². The van der Waals surface area contributed by atoms with Crippen LogP contribution < -0.4 is 11.1 Å². The van der Waals surface area contributed by atoms with E-state index in [1.54, 1.807) is 0 Å². The summed E-state index contributed by atoms with van der Waals surface area (Å²) in [7, 11) is 0. The average Bonchev–Trinajstić information content (AvgIpc) is 2.30. The lowest BCUT2D eigenvalue weighted by molar-refractivity contribution is 0.0938. The lowest BCUT2D eigenvalue weighted by atomic mass is 10.0. The van der Waals surface area contributed by atoms with Crippen molar-refractivity contribution in [2.75, 3.05) is 6.54 Å². The van der Waals surface area contributed by atoms with E-state index in [4.69, 9.17) is 5.73 Å². The SMILES string of the molecule is CCC(C)NC(=O)c1ccccc1CCN. The normalized spacial score (nSPS) is 12.2. The van der Waals surface area contributed by atoms with Crippen LogP contribution in [0.5, 0.6) is 0 Å². The van der Waals surface area contributed by atoms with Crippen LogP contribution in [0.4, 0.5) is 0 Å².